The molecule has 14 nitrogen and oxygen atoms in total. The monoisotopic (exact) mass is 832 g/mol. The molecule has 14 heteroatoms. The molecule has 0 bridgehead atoms. The van der Waals surface area contributed by atoms with Gasteiger partial charge < -0.3 is 40.7 Å². The van der Waals surface area contributed by atoms with Crippen LogP contribution < -0.4 is 30.5 Å². The third kappa shape index (κ3) is 12.5. The second-order valence-electron chi connectivity index (χ2n) is 17.8. The van der Waals surface area contributed by atoms with Crippen LogP contribution in [0.1, 0.15) is 162 Å². The zero-order chi connectivity index (χ0) is 42.3. The summed E-state index contributed by atoms with van der Waals surface area (Å²) >= 11 is 0. The van der Waals surface area contributed by atoms with Crippen LogP contribution in [0.2, 0.25) is 0 Å². The number of hydrogen-bond acceptors (Lipinski definition) is 10. The fourth-order valence-electron chi connectivity index (χ4n) is 9.78. The fraction of sp³-hybridized carbons (Fsp3) is 0.696. The van der Waals surface area contributed by atoms with Crippen LogP contribution in [0.5, 0.6) is 5.88 Å². The Hall–Kier alpha value is -4.46. The third-order valence-corrected chi connectivity index (χ3v) is 13.0. The highest BCUT2D eigenvalue weighted by Crippen LogP contribution is 2.36. The van der Waals surface area contributed by atoms with E-state index in [1.165, 1.54) is 32.1 Å². The average molecular weight is 832 g/mol. The molecule has 3 aliphatic heterocycles. The topological polar surface area (TPSA) is 186 Å². The lowest BCUT2D eigenvalue weighted by Crippen LogP contribution is -2.45. The number of nitrogens with one attached hydrogen (secondary N) is 3. The number of carboxylic acid groups (broad SMARTS) is 2. The lowest BCUT2D eigenvalue weighted by Gasteiger charge is -2.36. The summed E-state index contributed by atoms with van der Waals surface area (Å²) in [4.78, 5) is 62.9. The molecule has 2 amide bonds. The second-order valence-corrected chi connectivity index (χ2v) is 17.8. The number of pyridine rings is 2. The van der Waals surface area contributed by atoms with E-state index in [2.05, 4.69) is 30.7 Å². The van der Waals surface area contributed by atoms with Gasteiger partial charge in [-0.25, -0.2) is 9.97 Å². The zero-order valence-electron chi connectivity index (χ0n) is 35.9. The number of ether oxygens (including phenoxy) is 1. The molecule has 2 atom stereocenters. The van der Waals surface area contributed by atoms with Crippen LogP contribution in [0.25, 0.3) is 0 Å². The lowest BCUT2D eigenvalue weighted by atomic mass is 9.74. The predicted molar refractivity (Wildman–Crippen MR) is 232 cm³/mol. The fourth-order valence-corrected chi connectivity index (χ4v) is 9.78. The van der Waals surface area contributed by atoms with Gasteiger partial charge in [0.2, 0.25) is 5.88 Å². The molecule has 2 saturated carbocycles. The summed E-state index contributed by atoms with van der Waals surface area (Å²) in [5.41, 5.74) is 1.22. The smallest absolute Gasteiger partial charge is 0.304 e. The van der Waals surface area contributed by atoms with E-state index in [4.69, 9.17) is 9.72 Å². The predicted octanol–water partition coefficient (Wildman–Crippen LogP) is 6.85. The van der Waals surface area contributed by atoms with E-state index in [0.717, 1.165) is 121 Å². The van der Waals surface area contributed by atoms with Crippen molar-refractivity contribution in [2.75, 3.05) is 55.7 Å². The number of amides is 2. The van der Waals surface area contributed by atoms with Gasteiger partial charge in [-0.3, -0.25) is 19.2 Å². The maximum Gasteiger partial charge on any atom is 0.304 e. The van der Waals surface area contributed by atoms with Crippen molar-refractivity contribution < 1.29 is 34.1 Å². The van der Waals surface area contributed by atoms with Gasteiger partial charge in [0.05, 0.1) is 24.3 Å². The number of aromatic nitrogens is 2. The molecule has 5 aliphatic rings. The maximum absolute atomic E-state index is 13.2. The molecule has 60 heavy (non-hydrogen) atoms. The van der Waals surface area contributed by atoms with Crippen molar-refractivity contribution in [3.63, 3.8) is 0 Å². The van der Waals surface area contributed by atoms with Crippen molar-refractivity contribution in [1.29, 1.82) is 0 Å². The minimum atomic E-state index is -0.842. The Labute approximate surface area is 356 Å². The lowest BCUT2D eigenvalue weighted by molar-refractivity contribution is -0.139. The summed E-state index contributed by atoms with van der Waals surface area (Å²) in [5.74, 6) is 0.392. The summed E-state index contributed by atoms with van der Waals surface area (Å²) in [6.45, 7) is 7.37. The van der Waals surface area contributed by atoms with E-state index >= 15 is 0 Å². The molecule has 5 fully saturated rings. The van der Waals surface area contributed by atoms with Crippen molar-refractivity contribution in [1.82, 2.24) is 25.9 Å². The highest BCUT2D eigenvalue weighted by Gasteiger charge is 2.38. The van der Waals surface area contributed by atoms with E-state index in [9.17, 15) is 29.4 Å². The van der Waals surface area contributed by atoms with E-state index < -0.39 is 17.4 Å². The third-order valence-electron chi connectivity index (χ3n) is 13.0. The van der Waals surface area contributed by atoms with Gasteiger partial charge in [-0.2, -0.15) is 0 Å². The molecule has 0 aromatic carbocycles. The highest BCUT2D eigenvalue weighted by atomic mass is 16.5. The first kappa shape index (κ1) is 45.1. The van der Waals surface area contributed by atoms with Crippen LogP contribution >= 0.6 is 0 Å². The summed E-state index contributed by atoms with van der Waals surface area (Å²) in [7, 11) is 0. The number of carbonyl (C=O) groups is 4. The Bertz CT molecular complexity index is 1730. The Balaban J connectivity index is 0.000000202. The Morgan fingerprint density at radius 2 is 1.38 bits per heavy atom. The number of carboxylic acids is 2. The average Bonchev–Trinajstić information content (AvgIpc) is 3.26. The molecule has 2 aromatic heterocycles. The summed E-state index contributed by atoms with van der Waals surface area (Å²) < 4.78 is 5.84. The first-order chi connectivity index (χ1) is 29.1. The van der Waals surface area contributed by atoms with Crippen LogP contribution in [0.15, 0.2) is 24.3 Å². The number of rotatable bonds is 14. The molecule has 2 aromatic rings. The van der Waals surface area contributed by atoms with E-state index in [-0.39, 0.29) is 42.7 Å². The summed E-state index contributed by atoms with van der Waals surface area (Å²) in [5, 5.41) is 28.4. The number of aliphatic carboxylic acids is 2. The quantitative estimate of drug-likeness (QED) is 0.134. The molecule has 5 heterocycles. The van der Waals surface area contributed by atoms with E-state index in [0.29, 0.717) is 42.4 Å². The first-order valence-corrected chi connectivity index (χ1v) is 23.1. The van der Waals surface area contributed by atoms with Gasteiger partial charge in [-0.1, -0.05) is 45.4 Å². The molecular formula is C46H69N7O7. The molecule has 330 valence electrons. The molecule has 5 N–H and O–H groups in total. The Morgan fingerprint density at radius 1 is 0.750 bits per heavy atom. The molecule has 0 unspecified atom stereocenters. The number of carbonyl (C=O) groups excluding carboxylic acids is 2. The minimum absolute atomic E-state index is 0.00563. The SMILES string of the molecule is CCCOc1nc([C@]2(CC(=O)O)CCCNC2)ccc1C(=O)NC1CCCCC1.O=C(O)C[C@@H]1CCCN(c2ccc(C(=O)NC3CCCCC3)c(N3CCCCC3)n2)C1. The van der Waals surface area contributed by atoms with Gasteiger partial charge in [0, 0.05) is 56.6 Å². The second kappa shape index (κ2) is 22.4. The van der Waals surface area contributed by atoms with Gasteiger partial charge in [-0.15, -0.1) is 0 Å². The molecular weight excluding hydrogens is 763 g/mol. The van der Waals surface area contributed by atoms with Crippen molar-refractivity contribution >= 4 is 35.4 Å². The molecule has 3 saturated heterocycles. The van der Waals surface area contributed by atoms with Gasteiger partial charge >= 0.3 is 11.9 Å². The van der Waals surface area contributed by atoms with Crippen molar-refractivity contribution in [3.8, 4) is 5.88 Å². The molecule has 2 aliphatic carbocycles. The van der Waals surface area contributed by atoms with Crippen LogP contribution in [0, 0.1) is 5.92 Å². The minimum Gasteiger partial charge on any atom is -0.481 e. The normalized spacial score (nSPS) is 22.9. The number of anilines is 2. The largest absolute Gasteiger partial charge is 0.481 e. The van der Waals surface area contributed by atoms with Gasteiger partial charge in [0.15, 0.2) is 0 Å². The number of piperidine rings is 3. The summed E-state index contributed by atoms with van der Waals surface area (Å²) in [6.07, 6.45) is 19.4. The molecule has 7 rings (SSSR count). The van der Waals surface area contributed by atoms with Crippen LogP contribution in [0.4, 0.5) is 11.6 Å². The Kier molecular flexibility index (Phi) is 16.8. The van der Waals surface area contributed by atoms with Gasteiger partial charge in [-0.05, 0) is 114 Å². The standard InChI is InChI=1S/C24H36N4O3.C22H33N3O4/c29-22(30)16-18-8-7-15-28(17-18)21-12-11-20(23(26-21)27-13-5-2-6-14-27)24(31)25-19-9-3-1-4-10-19;1-2-13-29-21-17(20(28)24-16-7-4-3-5-8-16)9-10-18(25-21)22(14-19(26)27)11-6-12-23-15-22/h11-12,18-19H,1-10,13-17H2,(H,25,31)(H,29,30);9-10,16,23H,2-8,11-15H2,1H3,(H,24,28)(H,26,27)/t18-;22-/m00/s1. The van der Waals surface area contributed by atoms with Gasteiger partial charge in [0.1, 0.15) is 17.2 Å². The maximum atomic E-state index is 13.2. The number of hydrogen-bond donors (Lipinski definition) is 5. The van der Waals surface area contributed by atoms with Crippen LogP contribution in [-0.2, 0) is 15.0 Å². The van der Waals surface area contributed by atoms with E-state index in [1.807, 2.05) is 25.1 Å². The van der Waals surface area contributed by atoms with Crippen LogP contribution in [-0.4, -0.2) is 102 Å². The highest BCUT2D eigenvalue weighted by molar-refractivity contribution is 5.99. The number of nitrogens with zero attached hydrogens (tertiary/aromatic N) is 4. The van der Waals surface area contributed by atoms with Crippen LogP contribution in [0.3, 0.4) is 0 Å². The van der Waals surface area contributed by atoms with Crippen molar-refractivity contribution in [3.05, 3.63) is 41.1 Å². The van der Waals surface area contributed by atoms with Gasteiger partial charge in [0.25, 0.3) is 11.8 Å². The van der Waals surface area contributed by atoms with Crippen molar-refractivity contribution in [2.24, 2.45) is 5.92 Å². The zero-order valence-corrected chi connectivity index (χ0v) is 35.9. The molecule has 0 radical (unpaired) electrons. The first-order valence-electron chi connectivity index (χ1n) is 23.1. The Morgan fingerprint density at radius 3 is 2.00 bits per heavy atom. The van der Waals surface area contributed by atoms with Crippen molar-refractivity contribution in [2.45, 2.75) is 153 Å². The molecule has 0 spiro atoms. The summed E-state index contributed by atoms with van der Waals surface area (Å²) in [6, 6.07) is 7.93. The van der Waals surface area contributed by atoms with E-state index in [1.54, 1.807) is 6.07 Å².